The molecular formula is C14H29N. The molecule has 1 N–H and O–H groups in total. The SMILES string of the molecule is CCCCC(CCC)CC1CCNCC1. The minimum absolute atomic E-state index is 1.03. The lowest BCUT2D eigenvalue weighted by Gasteiger charge is -2.27. The first-order valence-corrected chi connectivity index (χ1v) is 7.07. The predicted molar refractivity (Wildman–Crippen MR) is 68.1 cm³/mol. The van der Waals surface area contributed by atoms with E-state index in [9.17, 15) is 0 Å². The van der Waals surface area contributed by atoms with E-state index in [4.69, 9.17) is 0 Å². The van der Waals surface area contributed by atoms with Gasteiger partial charge < -0.3 is 5.32 Å². The fourth-order valence-corrected chi connectivity index (χ4v) is 2.87. The second kappa shape index (κ2) is 8.15. The van der Waals surface area contributed by atoms with Gasteiger partial charge in [-0.3, -0.25) is 0 Å². The van der Waals surface area contributed by atoms with Crippen molar-refractivity contribution in [2.45, 2.75) is 65.2 Å². The maximum absolute atomic E-state index is 3.46. The summed E-state index contributed by atoms with van der Waals surface area (Å²) < 4.78 is 0. The Labute approximate surface area is 96.0 Å². The predicted octanol–water partition coefficient (Wildman–Crippen LogP) is 3.98. The molecule has 90 valence electrons. The van der Waals surface area contributed by atoms with E-state index in [1.54, 1.807) is 0 Å². The molecule has 0 aromatic rings. The zero-order valence-corrected chi connectivity index (χ0v) is 10.7. The van der Waals surface area contributed by atoms with Crippen LogP contribution in [0.15, 0.2) is 0 Å². The van der Waals surface area contributed by atoms with Crippen LogP contribution in [0.25, 0.3) is 0 Å². The summed E-state index contributed by atoms with van der Waals surface area (Å²) in [4.78, 5) is 0. The Morgan fingerprint density at radius 2 is 1.80 bits per heavy atom. The highest BCUT2D eigenvalue weighted by Crippen LogP contribution is 2.27. The van der Waals surface area contributed by atoms with Crippen molar-refractivity contribution >= 4 is 0 Å². The second-order valence-corrected chi connectivity index (χ2v) is 5.23. The minimum Gasteiger partial charge on any atom is -0.317 e. The van der Waals surface area contributed by atoms with Crippen LogP contribution in [0.3, 0.4) is 0 Å². The Kier molecular flexibility index (Phi) is 7.08. The summed E-state index contributed by atoms with van der Waals surface area (Å²) >= 11 is 0. The van der Waals surface area contributed by atoms with Crippen molar-refractivity contribution in [1.82, 2.24) is 5.32 Å². The van der Waals surface area contributed by atoms with E-state index in [0.717, 1.165) is 11.8 Å². The number of hydrogen-bond acceptors (Lipinski definition) is 1. The summed E-state index contributed by atoms with van der Waals surface area (Å²) in [7, 11) is 0. The van der Waals surface area contributed by atoms with Crippen LogP contribution < -0.4 is 5.32 Å². The van der Waals surface area contributed by atoms with Crippen LogP contribution in [0.1, 0.15) is 65.2 Å². The van der Waals surface area contributed by atoms with Gasteiger partial charge in [0.2, 0.25) is 0 Å². The summed E-state index contributed by atoms with van der Waals surface area (Å²) in [6.45, 7) is 7.17. The molecule has 1 atom stereocenters. The van der Waals surface area contributed by atoms with Gasteiger partial charge in [-0.15, -0.1) is 0 Å². The lowest BCUT2D eigenvalue weighted by atomic mass is 9.83. The van der Waals surface area contributed by atoms with Crippen LogP contribution >= 0.6 is 0 Å². The summed E-state index contributed by atoms with van der Waals surface area (Å²) in [5, 5.41) is 3.46. The van der Waals surface area contributed by atoms with E-state index in [1.165, 1.54) is 64.5 Å². The zero-order valence-electron chi connectivity index (χ0n) is 10.7. The Balaban J connectivity index is 2.21. The maximum Gasteiger partial charge on any atom is -0.00463 e. The van der Waals surface area contributed by atoms with Gasteiger partial charge in [-0.1, -0.05) is 46.0 Å². The van der Waals surface area contributed by atoms with Crippen molar-refractivity contribution in [3.8, 4) is 0 Å². The van der Waals surface area contributed by atoms with Crippen LogP contribution in [0.2, 0.25) is 0 Å². The Morgan fingerprint density at radius 3 is 2.40 bits per heavy atom. The molecule has 0 amide bonds. The van der Waals surface area contributed by atoms with E-state index >= 15 is 0 Å². The molecule has 15 heavy (non-hydrogen) atoms. The number of hydrogen-bond donors (Lipinski definition) is 1. The third-order valence-electron chi connectivity index (χ3n) is 3.79. The van der Waals surface area contributed by atoms with Crippen molar-refractivity contribution in [3.63, 3.8) is 0 Å². The minimum atomic E-state index is 1.03. The molecule has 0 bridgehead atoms. The fourth-order valence-electron chi connectivity index (χ4n) is 2.87. The normalized spacial score (nSPS) is 20.4. The molecule has 0 aliphatic carbocycles. The number of piperidine rings is 1. The largest absolute Gasteiger partial charge is 0.317 e. The molecule has 0 saturated carbocycles. The quantitative estimate of drug-likeness (QED) is 0.671. The van der Waals surface area contributed by atoms with Gasteiger partial charge in [0.15, 0.2) is 0 Å². The highest BCUT2D eigenvalue weighted by molar-refractivity contribution is 4.72. The van der Waals surface area contributed by atoms with Gasteiger partial charge in [-0.2, -0.15) is 0 Å². The van der Waals surface area contributed by atoms with Crippen molar-refractivity contribution in [2.24, 2.45) is 11.8 Å². The van der Waals surface area contributed by atoms with Crippen LogP contribution in [0, 0.1) is 11.8 Å². The molecule has 1 heterocycles. The molecule has 1 fully saturated rings. The van der Waals surface area contributed by atoms with Gasteiger partial charge in [-0.05, 0) is 44.2 Å². The topological polar surface area (TPSA) is 12.0 Å². The summed E-state index contributed by atoms with van der Waals surface area (Å²) in [5.74, 6) is 2.05. The molecule has 1 aliphatic rings. The van der Waals surface area contributed by atoms with Crippen LogP contribution in [0.5, 0.6) is 0 Å². The molecular weight excluding hydrogens is 182 g/mol. The van der Waals surface area contributed by atoms with E-state index < -0.39 is 0 Å². The van der Waals surface area contributed by atoms with Crippen molar-refractivity contribution in [2.75, 3.05) is 13.1 Å². The number of nitrogens with one attached hydrogen (secondary N) is 1. The summed E-state index contributed by atoms with van der Waals surface area (Å²) in [6, 6.07) is 0. The van der Waals surface area contributed by atoms with E-state index in [-0.39, 0.29) is 0 Å². The van der Waals surface area contributed by atoms with Crippen LogP contribution in [-0.2, 0) is 0 Å². The smallest absolute Gasteiger partial charge is 0.00463 e. The van der Waals surface area contributed by atoms with Crippen molar-refractivity contribution in [3.05, 3.63) is 0 Å². The molecule has 1 aliphatic heterocycles. The Bertz CT molecular complexity index is 138. The number of unbranched alkanes of at least 4 members (excludes halogenated alkanes) is 1. The third-order valence-corrected chi connectivity index (χ3v) is 3.79. The van der Waals surface area contributed by atoms with E-state index in [2.05, 4.69) is 19.2 Å². The summed E-state index contributed by atoms with van der Waals surface area (Å²) in [5.41, 5.74) is 0. The van der Waals surface area contributed by atoms with Gasteiger partial charge >= 0.3 is 0 Å². The van der Waals surface area contributed by atoms with Crippen molar-refractivity contribution in [1.29, 1.82) is 0 Å². The summed E-state index contributed by atoms with van der Waals surface area (Å²) in [6.07, 6.45) is 11.5. The second-order valence-electron chi connectivity index (χ2n) is 5.23. The molecule has 0 aromatic heterocycles. The molecule has 0 spiro atoms. The molecule has 0 radical (unpaired) electrons. The maximum atomic E-state index is 3.46. The van der Waals surface area contributed by atoms with Gasteiger partial charge in [0.25, 0.3) is 0 Å². The highest BCUT2D eigenvalue weighted by Gasteiger charge is 2.17. The molecule has 1 unspecified atom stereocenters. The standard InChI is InChI=1S/C14H29N/c1-3-5-7-13(6-4-2)12-14-8-10-15-11-9-14/h13-15H,3-12H2,1-2H3. The monoisotopic (exact) mass is 211 g/mol. The molecule has 0 aromatic carbocycles. The molecule has 1 saturated heterocycles. The first-order valence-electron chi connectivity index (χ1n) is 7.07. The lowest BCUT2D eigenvalue weighted by Crippen LogP contribution is -2.28. The highest BCUT2D eigenvalue weighted by atomic mass is 14.9. The van der Waals surface area contributed by atoms with Gasteiger partial charge in [-0.25, -0.2) is 0 Å². The first kappa shape index (κ1) is 13.0. The van der Waals surface area contributed by atoms with Crippen molar-refractivity contribution < 1.29 is 0 Å². The Hall–Kier alpha value is -0.0400. The molecule has 1 heteroatoms. The first-order chi connectivity index (χ1) is 7.36. The molecule has 1 rings (SSSR count). The average molecular weight is 211 g/mol. The average Bonchev–Trinajstić information content (AvgIpc) is 2.28. The van der Waals surface area contributed by atoms with Gasteiger partial charge in [0.05, 0.1) is 0 Å². The lowest BCUT2D eigenvalue weighted by molar-refractivity contribution is 0.274. The van der Waals surface area contributed by atoms with Gasteiger partial charge in [0.1, 0.15) is 0 Å². The molecule has 1 nitrogen and oxygen atoms in total. The van der Waals surface area contributed by atoms with Gasteiger partial charge in [0, 0.05) is 0 Å². The Morgan fingerprint density at radius 1 is 1.07 bits per heavy atom. The third kappa shape index (κ3) is 5.55. The van der Waals surface area contributed by atoms with E-state index in [0.29, 0.717) is 0 Å². The fraction of sp³-hybridized carbons (Fsp3) is 1.00. The van der Waals surface area contributed by atoms with Crippen LogP contribution in [-0.4, -0.2) is 13.1 Å². The van der Waals surface area contributed by atoms with Crippen LogP contribution in [0.4, 0.5) is 0 Å². The number of rotatable bonds is 7. The van der Waals surface area contributed by atoms with E-state index in [1.807, 2.05) is 0 Å². The zero-order chi connectivity index (χ0) is 10.9.